The van der Waals surface area contributed by atoms with Gasteiger partial charge in [0.05, 0.1) is 6.61 Å². The predicted octanol–water partition coefficient (Wildman–Crippen LogP) is 3.46. The quantitative estimate of drug-likeness (QED) is 0.818. The molecule has 0 atom stereocenters. The molecule has 4 heteroatoms. The molecule has 0 saturated heterocycles. The second-order valence-electron chi connectivity index (χ2n) is 4.03. The van der Waals surface area contributed by atoms with Crippen molar-refractivity contribution in [2.24, 2.45) is 5.73 Å². The highest BCUT2D eigenvalue weighted by atomic mass is 32.1. The predicted molar refractivity (Wildman–Crippen MR) is 83.2 cm³/mol. The van der Waals surface area contributed by atoms with E-state index in [0.29, 0.717) is 11.6 Å². The first-order valence-corrected chi connectivity index (χ1v) is 6.49. The Balaban J connectivity index is 2.12. The van der Waals surface area contributed by atoms with Gasteiger partial charge >= 0.3 is 0 Å². The van der Waals surface area contributed by atoms with Gasteiger partial charge in [0.15, 0.2) is 0 Å². The maximum absolute atomic E-state index is 5.56. The molecule has 0 unspecified atom stereocenters. The van der Waals surface area contributed by atoms with Crippen LogP contribution in [0.4, 0.5) is 11.4 Å². The average molecular weight is 272 g/mol. The summed E-state index contributed by atoms with van der Waals surface area (Å²) in [6.45, 7) is 2.63. The smallest absolute Gasteiger partial charge is 0.121 e. The Kier molecular flexibility index (Phi) is 4.36. The summed E-state index contributed by atoms with van der Waals surface area (Å²) in [4.78, 5) is 0.407. The highest BCUT2D eigenvalue weighted by Gasteiger charge is 1.99. The van der Waals surface area contributed by atoms with E-state index in [1.54, 1.807) is 0 Å². The van der Waals surface area contributed by atoms with E-state index in [9.17, 15) is 0 Å². The van der Waals surface area contributed by atoms with Crippen LogP contribution in [-0.2, 0) is 0 Å². The molecule has 2 aromatic rings. The Bertz CT molecular complexity index is 567. The standard InChI is InChI=1S/C15H16N2OS/c1-2-18-14-5-3-4-13(10-14)17-12-8-6-11(7-9-12)15(16)19/h3-10,17H,2H2,1H3,(H2,16,19). The lowest BCUT2D eigenvalue weighted by Crippen LogP contribution is -2.08. The monoisotopic (exact) mass is 272 g/mol. The summed E-state index contributed by atoms with van der Waals surface area (Å²) >= 11 is 4.92. The molecule has 0 fully saturated rings. The van der Waals surface area contributed by atoms with Crippen LogP contribution in [0.5, 0.6) is 5.75 Å². The third kappa shape index (κ3) is 3.69. The van der Waals surface area contributed by atoms with Crippen molar-refractivity contribution in [1.82, 2.24) is 0 Å². The van der Waals surface area contributed by atoms with Gasteiger partial charge in [-0.3, -0.25) is 0 Å². The van der Waals surface area contributed by atoms with Crippen molar-refractivity contribution in [3.63, 3.8) is 0 Å². The second kappa shape index (κ2) is 6.20. The lowest BCUT2D eigenvalue weighted by atomic mass is 10.2. The first-order chi connectivity index (χ1) is 9.19. The van der Waals surface area contributed by atoms with E-state index in [-0.39, 0.29) is 0 Å². The van der Waals surface area contributed by atoms with Gasteiger partial charge in [-0.05, 0) is 43.3 Å². The van der Waals surface area contributed by atoms with Crippen LogP contribution in [0.15, 0.2) is 48.5 Å². The molecule has 0 amide bonds. The molecule has 3 nitrogen and oxygen atoms in total. The van der Waals surface area contributed by atoms with Crippen molar-refractivity contribution in [1.29, 1.82) is 0 Å². The molecular weight excluding hydrogens is 256 g/mol. The molecule has 0 aliphatic carbocycles. The highest BCUT2D eigenvalue weighted by Crippen LogP contribution is 2.21. The minimum Gasteiger partial charge on any atom is -0.494 e. The van der Waals surface area contributed by atoms with Gasteiger partial charge in [-0.1, -0.05) is 18.3 Å². The Morgan fingerprint density at radius 3 is 2.53 bits per heavy atom. The molecule has 0 saturated carbocycles. The first-order valence-electron chi connectivity index (χ1n) is 6.09. The Hall–Kier alpha value is -2.07. The number of hydrogen-bond donors (Lipinski definition) is 2. The molecular formula is C15H16N2OS. The van der Waals surface area contributed by atoms with Gasteiger partial charge in [-0.15, -0.1) is 0 Å². The lowest BCUT2D eigenvalue weighted by Gasteiger charge is -2.09. The van der Waals surface area contributed by atoms with Gasteiger partial charge < -0.3 is 15.8 Å². The van der Waals surface area contributed by atoms with Gasteiger partial charge in [-0.2, -0.15) is 0 Å². The fourth-order valence-electron chi connectivity index (χ4n) is 1.71. The zero-order valence-corrected chi connectivity index (χ0v) is 11.5. The topological polar surface area (TPSA) is 47.3 Å². The zero-order valence-electron chi connectivity index (χ0n) is 10.7. The number of benzene rings is 2. The van der Waals surface area contributed by atoms with Crippen molar-refractivity contribution in [2.45, 2.75) is 6.92 Å². The van der Waals surface area contributed by atoms with Gasteiger partial charge in [0.2, 0.25) is 0 Å². The normalized spacial score (nSPS) is 9.95. The van der Waals surface area contributed by atoms with E-state index in [2.05, 4.69) is 5.32 Å². The lowest BCUT2D eigenvalue weighted by molar-refractivity contribution is 0.340. The van der Waals surface area contributed by atoms with Crippen LogP contribution in [0.2, 0.25) is 0 Å². The molecule has 98 valence electrons. The van der Waals surface area contributed by atoms with Gasteiger partial charge in [-0.25, -0.2) is 0 Å². The average Bonchev–Trinajstić information content (AvgIpc) is 2.40. The van der Waals surface area contributed by atoms with Crippen LogP contribution in [0.3, 0.4) is 0 Å². The minimum absolute atomic E-state index is 0.407. The third-order valence-electron chi connectivity index (χ3n) is 2.60. The van der Waals surface area contributed by atoms with Crippen LogP contribution >= 0.6 is 12.2 Å². The van der Waals surface area contributed by atoms with Crippen LogP contribution in [0.25, 0.3) is 0 Å². The second-order valence-corrected chi connectivity index (χ2v) is 4.47. The fourth-order valence-corrected chi connectivity index (χ4v) is 1.85. The summed E-state index contributed by atoms with van der Waals surface area (Å²) in [6.07, 6.45) is 0. The minimum atomic E-state index is 0.407. The molecule has 2 rings (SSSR count). The Morgan fingerprint density at radius 2 is 1.89 bits per heavy atom. The molecule has 0 bridgehead atoms. The van der Waals surface area contributed by atoms with Crippen molar-refractivity contribution in [3.8, 4) is 5.75 Å². The fraction of sp³-hybridized carbons (Fsp3) is 0.133. The zero-order chi connectivity index (χ0) is 13.7. The number of hydrogen-bond acceptors (Lipinski definition) is 3. The molecule has 19 heavy (non-hydrogen) atoms. The molecule has 0 aliphatic heterocycles. The summed E-state index contributed by atoms with van der Waals surface area (Å²) in [5.41, 5.74) is 8.39. The number of ether oxygens (including phenoxy) is 1. The first kappa shape index (κ1) is 13.4. The van der Waals surface area contributed by atoms with Crippen molar-refractivity contribution < 1.29 is 4.74 Å². The molecule has 0 heterocycles. The van der Waals surface area contributed by atoms with Crippen molar-refractivity contribution in [3.05, 3.63) is 54.1 Å². The summed E-state index contributed by atoms with van der Waals surface area (Å²) in [6, 6.07) is 15.5. The molecule has 0 spiro atoms. The van der Waals surface area contributed by atoms with Crippen LogP contribution in [0.1, 0.15) is 12.5 Å². The Labute approximate surface area is 118 Å². The number of anilines is 2. The molecule has 3 N–H and O–H groups in total. The van der Waals surface area contributed by atoms with Crippen LogP contribution < -0.4 is 15.8 Å². The maximum Gasteiger partial charge on any atom is 0.121 e. The molecule has 2 aromatic carbocycles. The molecule has 0 radical (unpaired) electrons. The molecule has 0 aliphatic rings. The van der Waals surface area contributed by atoms with E-state index in [1.807, 2.05) is 55.5 Å². The highest BCUT2D eigenvalue weighted by molar-refractivity contribution is 7.80. The van der Waals surface area contributed by atoms with E-state index in [1.165, 1.54) is 0 Å². The summed E-state index contributed by atoms with van der Waals surface area (Å²) in [5, 5.41) is 3.30. The van der Waals surface area contributed by atoms with Gasteiger partial charge in [0, 0.05) is 23.0 Å². The number of nitrogens with two attached hydrogens (primary N) is 1. The summed E-state index contributed by atoms with van der Waals surface area (Å²) in [7, 11) is 0. The van der Waals surface area contributed by atoms with Crippen molar-refractivity contribution >= 4 is 28.6 Å². The summed E-state index contributed by atoms with van der Waals surface area (Å²) in [5.74, 6) is 0.854. The maximum atomic E-state index is 5.56. The number of thiocarbonyl (C=S) groups is 1. The van der Waals surface area contributed by atoms with E-state index < -0.39 is 0 Å². The Morgan fingerprint density at radius 1 is 1.16 bits per heavy atom. The van der Waals surface area contributed by atoms with Gasteiger partial charge in [0.25, 0.3) is 0 Å². The van der Waals surface area contributed by atoms with Crippen molar-refractivity contribution in [2.75, 3.05) is 11.9 Å². The number of rotatable bonds is 5. The van der Waals surface area contributed by atoms with E-state index >= 15 is 0 Å². The SMILES string of the molecule is CCOc1cccc(Nc2ccc(C(N)=S)cc2)c1. The van der Waals surface area contributed by atoms with Crippen LogP contribution in [-0.4, -0.2) is 11.6 Å². The number of nitrogens with one attached hydrogen (secondary N) is 1. The third-order valence-corrected chi connectivity index (χ3v) is 2.84. The largest absolute Gasteiger partial charge is 0.494 e. The van der Waals surface area contributed by atoms with E-state index in [0.717, 1.165) is 22.7 Å². The van der Waals surface area contributed by atoms with E-state index in [4.69, 9.17) is 22.7 Å². The molecule has 0 aromatic heterocycles. The van der Waals surface area contributed by atoms with Gasteiger partial charge in [0.1, 0.15) is 10.7 Å². The van der Waals surface area contributed by atoms with Crippen LogP contribution in [0, 0.1) is 0 Å². The summed E-state index contributed by atoms with van der Waals surface area (Å²) < 4.78 is 5.46.